The summed E-state index contributed by atoms with van der Waals surface area (Å²) < 4.78 is 0. The molecule has 0 radical (unpaired) electrons. The Bertz CT molecular complexity index is 226. The van der Waals surface area contributed by atoms with E-state index in [4.69, 9.17) is 5.73 Å². The molecule has 0 aliphatic carbocycles. The fourth-order valence-corrected chi connectivity index (χ4v) is 2.91. The molecule has 3 nitrogen and oxygen atoms in total. The van der Waals surface area contributed by atoms with E-state index in [0.717, 1.165) is 19.0 Å². The lowest BCUT2D eigenvalue weighted by Crippen LogP contribution is -2.46. The van der Waals surface area contributed by atoms with Gasteiger partial charge in [0.15, 0.2) is 0 Å². The van der Waals surface area contributed by atoms with Gasteiger partial charge in [0.1, 0.15) is 0 Å². The molecule has 0 aromatic heterocycles. The number of nitrogens with zero attached hydrogens (tertiary/aromatic N) is 2. The van der Waals surface area contributed by atoms with Crippen LogP contribution in [0.4, 0.5) is 0 Å². The van der Waals surface area contributed by atoms with Crippen molar-refractivity contribution in [2.75, 3.05) is 39.8 Å². The second kappa shape index (κ2) is 6.17. The van der Waals surface area contributed by atoms with Gasteiger partial charge >= 0.3 is 0 Å². The summed E-state index contributed by atoms with van der Waals surface area (Å²) in [5, 5.41) is 0. The first-order valence-corrected chi connectivity index (χ1v) is 6.97. The second-order valence-corrected chi connectivity index (χ2v) is 6.90. The molecule has 0 spiro atoms. The maximum atomic E-state index is 5.95. The summed E-state index contributed by atoms with van der Waals surface area (Å²) in [4.78, 5) is 5.05. The van der Waals surface area contributed by atoms with Crippen LogP contribution in [0.1, 0.15) is 34.1 Å². The van der Waals surface area contributed by atoms with Crippen LogP contribution in [0.3, 0.4) is 0 Å². The van der Waals surface area contributed by atoms with Crippen molar-refractivity contribution in [1.29, 1.82) is 0 Å². The summed E-state index contributed by atoms with van der Waals surface area (Å²) in [7, 11) is 2.22. The van der Waals surface area contributed by atoms with E-state index in [1.807, 2.05) is 0 Å². The molecule has 0 bridgehead atoms. The number of hydrogen-bond acceptors (Lipinski definition) is 3. The van der Waals surface area contributed by atoms with Gasteiger partial charge in [0, 0.05) is 32.2 Å². The van der Waals surface area contributed by atoms with E-state index >= 15 is 0 Å². The number of likely N-dealkylation sites (N-methyl/N-ethyl adjacent to an activating group) is 1. The maximum Gasteiger partial charge on any atom is 0.0345 e. The molecule has 17 heavy (non-hydrogen) atoms. The highest BCUT2D eigenvalue weighted by molar-refractivity contribution is 4.87. The van der Waals surface area contributed by atoms with Crippen molar-refractivity contribution in [2.45, 2.75) is 40.2 Å². The Balaban J connectivity index is 2.67. The molecule has 1 fully saturated rings. The van der Waals surface area contributed by atoms with Crippen molar-refractivity contribution >= 4 is 0 Å². The summed E-state index contributed by atoms with van der Waals surface area (Å²) in [6, 6.07) is 0.528. The lowest BCUT2D eigenvalue weighted by Gasteiger charge is -2.33. The molecule has 0 saturated carbocycles. The molecule has 1 aliphatic rings. The molecule has 1 heterocycles. The fraction of sp³-hybridized carbons (Fsp3) is 1.00. The molecule has 1 aliphatic heterocycles. The third kappa shape index (κ3) is 4.94. The van der Waals surface area contributed by atoms with Gasteiger partial charge in [-0.1, -0.05) is 27.7 Å². The average molecular weight is 241 g/mol. The van der Waals surface area contributed by atoms with Crippen LogP contribution >= 0.6 is 0 Å². The minimum Gasteiger partial charge on any atom is -0.329 e. The smallest absolute Gasteiger partial charge is 0.0345 e. The molecular weight excluding hydrogens is 210 g/mol. The topological polar surface area (TPSA) is 32.5 Å². The first-order chi connectivity index (χ1) is 7.84. The summed E-state index contributed by atoms with van der Waals surface area (Å²) in [6.45, 7) is 14.7. The molecule has 1 rings (SSSR count). The van der Waals surface area contributed by atoms with E-state index in [1.165, 1.54) is 26.1 Å². The van der Waals surface area contributed by atoms with E-state index in [-0.39, 0.29) is 0 Å². The third-order valence-corrected chi connectivity index (χ3v) is 3.63. The number of rotatable bonds is 4. The van der Waals surface area contributed by atoms with Crippen molar-refractivity contribution in [1.82, 2.24) is 9.80 Å². The maximum absolute atomic E-state index is 5.95. The highest BCUT2D eigenvalue weighted by Gasteiger charge is 2.31. The van der Waals surface area contributed by atoms with Crippen LogP contribution in [-0.4, -0.2) is 55.6 Å². The predicted octanol–water partition coefficient (Wildman–Crippen LogP) is 1.63. The Morgan fingerprint density at radius 3 is 2.47 bits per heavy atom. The zero-order valence-electron chi connectivity index (χ0n) is 12.4. The second-order valence-electron chi connectivity index (χ2n) is 6.90. The van der Waals surface area contributed by atoms with Crippen LogP contribution in [-0.2, 0) is 0 Å². The minimum atomic E-state index is 0.371. The Hall–Kier alpha value is -0.120. The number of hydrogen-bond donors (Lipinski definition) is 1. The molecular formula is C14H31N3. The normalized spacial score (nSPS) is 27.4. The standard InChI is InChI=1S/C14H31N3/c1-12(2)6-7-17-11-14(3,4)10-16(5)9-13(17)8-15/h12-13H,6-11,15H2,1-5H3. The van der Waals surface area contributed by atoms with Crippen LogP contribution in [0.2, 0.25) is 0 Å². The molecule has 1 atom stereocenters. The van der Waals surface area contributed by atoms with Gasteiger partial charge in [0.25, 0.3) is 0 Å². The largest absolute Gasteiger partial charge is 0.329 e. The summed E-state index contributed by atoms with van der Waals surface area (Å²) in [5.74, 6) is 0.775. The third-order valence-electron chi connectivity index (χ3n) is 3.63. The lowest BCUT2D eigenvalue weighted by atomic mass is 9.92. The van der Waals surface area contributed by atoms with Crippen molar-refractivity contribution in [2.24, 2.45) is 17.1 Å². The zero-order chi connectivity index (χ0) is 13.1. The fourth-order valence-electron chi connectivity index (χ4n) is 2.91. The van der Waals surface area contributed by atoms with Crippen molar-refractivity contribution in [3.8, 4) is 0 Å². The van der Waals surface area contributed by atoms with E-state index in [1.54, 1.807) is 0 Å². The van der Waals surface area contributed by atoms with Gasteiger partial charge in [-0.05, 0) is 31.3 Å². The molecule has 0 aromatic rings. The van der Waals surface area contributed by atoms with Crippen LogP contribution in [0, 0.1) is 11.3 Å². The Morgan fingerprint density at radius 1 is 1.29 bits per heavy atom. The van der Waals surface area contributed by atoms with Crippen LogP contribution in [0.15, 0.2) is 0 Å². The van der Waals surface area contributed by atoms with E-state index in [9.17, 15) is 0 Å². The van der Waals surface area contributed by atoms with Crippen LogP contribution in [0.25, 0.3) is 0 Å². The Labute approximate surface area is 107 Å². The first kappa shape index (κ1) is 14.9. The van der Waals surface area contributed by atoms with Crippen LogP contribution in [0.5, 0.6) is 0 Å². The highest BCUT2D eigenvalue weighted by atomic mass is 15.2. The molecule has 1 unspecified atom stereocenters. The summed E-state index contributed by atoms with van der Waals surface area (Å²) in [5.41, 5.74) is 6.32. The van der Waals surface area contributed by atoms with Gasteiger partial charge in [-0.25, -0.2) is 0 Å². The molecule has 0 aromatic carbocycles. The lowest BCUT2D eigenvalue weighted by molar-refractivity contribution is 0.152. The zero-order valence-corrected chi connectivity index (χ0v) is 12.4. The Morgan fingerprint density at radius 2 is 1.94 bits per heavy atom. The van der Waals surface area contributed by atoms with E-state index in [0.29, 0.717) is 11.5 Å². The van der Waals surface area contributed by atoms with E-state index in [2.05, 4.69) is 44.5 Å². The minimum absolute atomic E-state index is 0.371. The van der Waals surface area contributed by atoms with Gasteiger partial charge in [-0.15, -0.1) is 0 Å². The molecule has 2 N–H and O–H groups in total. The highest BCUT2D eigenvalue weighted by Crippen LogP contribution is 2.24. The van der Waals surface area contributed by atoms with Gasteiger partial charge in [-0.2, -0.15) is 0 Å². The Kier molecular flexibility index (Phi) is 5.42. The monoisotopic (exact) mass is 241 g/mol. The molecule has 0 amide bonds. The van der Waals surface area contributed by atoms with Gasteiger partial charge in [0.05, 0.1) is 0 Å². The van der Waals surface area contributed by atoms with Gasteiger partial charge < -0.3 is 10.6 Å². The molecule has 1 saturated heterocycles. The predicted molar refractivity (Wildman–Crippen MR) is 75.1 cm³/mol. The van der Waals surface area contributed by atoms with Gasteiger partial charge in [-0.3, -0.25) is 4.90 Å². The van der Waals surface area contributed by atoms with Crippen molar-refractivity contribution in [3.05, 3.63) is 0 Å². The quantitative estimate of drug-likeness (QED) is 0.812. The molecule has 102 valence electrons. The summed E-state index contributed by atoms with van der Waals surface area (Å²) >= 11 is 0. The van der Waals surface area contributed by atoms with Crippen LogP contribution < -0.4 is 5.73 Å². The first-order valence-electron chi connectivity index (χ1n) is 6.97. The SMILES string of the molecule is CC(C)CCN1CC(C)(C)CN(C)CC1CN. The molecule has 3 heteroatoms. The average Bonchev–Trinajstić information content (AvgIpc) is 2.30. The summed E-state index contributed by atoms with van der Waals surface area (Å²) in [6.07, 6.45) is 1.27. The number of nitrogens with two attached hydrogens (primary N) is 1. The van der Waals surface area contributed by atoms with Gasteiger partial charge in [0.2, 0.25) is 0 Å². The van der Waals surface area contributed by atoms with Crippen molar-refractivity contribution in [3.63, 3.8) is 0 Å². The van der Waals surface area contributed by atoms with Crippen molar-refractivity contribution < 1.29 is 0 Å². The van der Waals surface area contributed by atoms with E-state index < -0.39 is 0 Å².